The van der Waals surface area contributed by atoms with Crippen molar-refractivity contribution in [2.75, 3.05) is 20.8 Å². The van der Waals surface area contributed by atoms with Gasteiger partial charge in [-0.2, -0.15) is 5.10 Å². The molecule has 0 spiro atoms. The van der Waals surface area contributed by atoms with Crippen molar-refractivity contribution in [2.24, 2.45) is 5.10 Å². The van der Waals surface area contributed by atoms with Crippen molar-refractivity contribution < 1.29 is 19.0 Å². The van der Waals surface area contributed by atoms with Gasteiger partial charge in [0.05, 0.1) is 29.9 Å². The van der Waals surface area contributed by atoms with Gasteiger partial charge in [0, 0.05) is 11.6 Å². The van der Waals surface area contributed by atoms with Gasteiger partial charge in [0.2, 0.25) is 0 Å². The molecule has 2 aromatic carbocycles. The van der Waals surface area contributed by atoms with Gasteiger partial charge in [-0.05, 0) is 45.1 Å². The number of hydrogen-bond acceptors (Lipinski definition) is 5. The highest BCUT2D eigenvalue weighted by atomic mass is 79.9. The van der Waals surface area contributed by atoms with Crippen molar-refractivity contribution in [3.63, 3.8) is 0 Å². The highest BCUT2D eigenvalue weighted by Gasteiger charge is 2.15. The highest BCUT2D eigenvalue weighted by molar-refractivity contribution is 9.10. The molecule has 156 valence electrons. The van der Waals surface area contributed by atoms with Crippen LogP contribution in [0, 0.1) is 0 Å². The van der Waals surface area contributed by atoms with Crippen LogP contribution in [-0.2, 0) is 10.2 Å². The second kappa shape index (κ2) is 9.98. The van der Waals surface area contributed by atoms with Crippen LogP contribution in [-0.4, -0.2) is 32.9 Å². The lowest BCUT2D eigenvalue weighted by molar-refractivity contribution is -0.123. The molecule has 0 saturated heterocycles. The van der Waals surface area contributed by atoms with Crippen molar-refractivity contribution in [3.8, 4) is 17.2 Å². The number of nitrogens with zero attached hydrogens (tertiary/aromatic N) is 1. The topological polar surface area (TPSA) is 69.2 Å². The summed E-state index contributed by atoms with van der Waals surface area (Å²) < 4.78 is 16.8. The average molecular weight is 484 g/mol. The number of amides is 1. The monoisotopic (exact) mass is 482 g/mol. The summed E-state index contributed by atoms with van der Waals surface area (Å²) in [7, 11) is 3.05. The molecule has 1 amide bonds. The quantitative estimate of drug-likeness (QED) is 0.447. The van der Waals surface area contributed by atoms with Crippen molar-refractivity contribution >= 4 is 39.7 Å². The van der Waals surface area contributed by atoms with E-state index in [4.69, 9.17) is 25.8 Å². The van der Waals surface area contributed by atoms with E-state index < -0.39 is 5.91 Å². The van der Waals surface area contributed by atoms with Crippen LogP contribution in [0.1, 0.15) is 31.9 Å². The summed E-state index contributed by atoms with van der Waals surface area (Å²) in [6, 6.07) is 9.09. The maximum atomic E-state index is 12.0. The molecule has 29 heavy (non-hydrogen) atoms. The van der Waals surface area contributed by atoms with E-state index in [-0.39, 0.29) is 12.0 Å². The highest BCUT2D eigenvalue weighted by Crippen LogP contribution is 2.33. The predicted molar refractivity (Wildman–Crippen MR) is 119 cm³/mol. The third-order valence-corrected chi connectivity index (χ3v) is 5.00. The summed E-state index contributed by atoms with van der Waals surface area (Å²) in [5.41, 5.74) is 4.18. The largest absolute Gasteiger partial charge is 0.493 e. The number of rotatable bonds is 7. The molecule has 0 atom stereocenters. The molecule has 2 rings (SSSR count). The lowest BCUT2D eigenvalue weighted by atomic mass is 9.87. The van der Waals surface area contributed by atoms with E-state index in [9.17, 15) is 4.79 Å². The molecule has 0 heterocycles. The van der Waals surface area contributed by atoms with Gasteiger partial charge >= 0.3 is 0 Å². The maximum absolute atomic E-state index is 12.0. The van der Waals surface area contributed by atoms with Crippen molar-refractivity contribution in [2.45, 2.75) is 26.2 Å². The number of hydrazone groups is 1. The number of hydrogen-bond donors (Lipinski definition) is 1. The summed E-state index contributed by atoms with van der Waals surface area (Å²) in [6.45, 7) is 6.21. The minimum Gasteiger partial charge on any atom is -0.493 e. The first-order valence-corrected chi connectivity index (χ1v) is 9.99. The zero-order valence-corrected chi connectivity index (χ0v) is 19.3. The summed E-state index contributed by atoms with van der Waals surface area (Å²) in [6.07, 6.45) is 1.43. The molecule has 0 fully saturated rings. The fourth-order valence-electron chi connectivity index (χ4n) is 2.40. The fraction of sp³-hybridized carbons (Fsp3) is 0.333. The number of methoxy groups -OCH3 is 2. The number of ether oxygens (including phenoxy) is 3. The minimum absolute atomic E-state index is 0.0263. The Bertz CT molecular complexity index is 910. The lowest BCUT2D eigenvalue weighted by Crippen LogP contribution is -2.24. The molecule has 2 aromatic rings. The van der Waals surface area contributed by atoms with Crippen LogP contribution in [0.2, 0.25) is 5.02 Å². The van der Waals surface area contributed by atoms with Crippen LogP contribution < -0.4 is 19.6 Å². The number of carbonyl (C=O) groups excluding carboxylic acids is 1. The second-order valence-corrected chi connectivity index (χ2v) is 8.47. The fourth-order valence-corrected chi connectivity index (χ4v) is 3.10. The molecule has 1 N–H and O–H groups in total. The molecule has 0 unspecified atom stereocenters. The van der Waals surface area contributed by atoms with Crippen LogP contribution >= 0.6 is 27.5 Å². The summed E-state index contributed by atoms with van der Waals surface area (Å²) in [4.78, 5) is 12.0. The maximum Gasteiger partial charge on any atom is 0.277 e. The van der Waals surface area contributed by atoms with Gasteiger partial charge in [-0.25, -0.2) is 5.43 Å². The van der Waals surface area contributed by atoms with E-state index in [1.165, 1.54) is 20.4 Å². The van der Waals surface area contributed by atoms with E-state index in [2.05, 4.69) is 47.2 Å². The van der Waals surface area contributed by atoms with Crippen LogP contribution in [0.4, 0.5) is 0 Å². The summed E-state index contributed by atoms with van der Waals surface area (Å²) >= 11 is 9.67. The first-order chi connectivity index (χ1) is 13.7. The van der Waals surface area contributed by atoms with E-state index in [0.717, 1.165) is 10.0 Å². The molecule has 0 saturated carbocycles. The molecule has 0 aliphatic rings. The van der Waals surface area contributed by atoms with E-state index >= 15 is 0 Å². The van der Waals surface area contributed by atoms with Crippen LogP contribution in [0.15, 0.2) is 39.9 Å². The zero-order valence-electron chi connectivity index (χ0n) is 17.0. The van der Waals surface area contributed by atoms with Gasteiger partial charge in [0.1, 0.15) is 5.75 Å². The van der Waals surface area contributed by atoms with E-state index in [1.54, 1.807) is 12.1 Å². The van der Waals surface area contributed by atoms with E-state index in [1.807, 2.05) is 18.2 Å². The molecular weight excluding hydrogens is 460 g/mol. The van der Waals surface area contributed by atoms with Crippen molar-refractivity contribution in [1.29, 1.82) is 0 Å². The molecule has 0 radical (unpaired) electrons. The molecule has 6 nitrogen and oxygen atoms in total. The minimum atomic E-state index is -0.398. The van der Waals surface area contributed by atoms with Crippen LogP contribution in [0.25, 0.3) is 0 Å². The number of halogens is 2. The normalized spacial score (nSPS) is 11.4. The van der Waals surface area contributed by atoms with Gasteiger partial charge in [0.25, 0.3) is 5.91 Å². The lowest BCUT2D eigenvalue weighted by Gasteiger charge is -2.20. The zero-order chi connectivity index (χ0) is 21.6. The third-order valence-electron chi connectivity index (χ3n) is 4.05. The van der Waals surface area contributed by atoms with Crippen molar-refractivity contribution in [1.82, 2.24) is 5.43 Å². The first kappa shape index (κ1) is 23.0. The summed E-state index contributed by atoms with van der Waals surface area (Å²) in [5, 5.41) is 4.33. The molecular formula is C21H24BrClN2O4. The Morgan fingerprint density at radius 2 is 1.79 bits per heavy atom. The molecule has 0 aromatic heterocycles. The predicted octanol–water partition coefficient (Wildman–Crippen LogP) is 4.95. The molecule has 0 aliphatic heterocycles. The number of carbonyl (C=O) groups is 1. The molecule has 0 aliphatic carbocycles. The Labute approximate surface area is 184 Å². The Balaban J connectivity index is 1.95. The molecule has 0 bridgehead atoms. The second-order valence-electron chi connectivity index (χ2n) is 7.21. The van der Waals surface area contributed by atoms with Crippen LogP contribution in [0.5, 0.6) is 17.2 Å². The SMILES string of the molecule is COc1cc(Cl)c(/C=N/NC(=O)COc2ccc(C(C)(C)C)cc2Br)cc1OC. The van der Waals surface area contributed by atoms with Gasteiger partial charge in [-0.1, -0.05) is 38.4 Å². The standard InChI is InChI=1S/C21H24BrClN2O4/c1-21(2,3)14-6-7-17(15(22)9-14)29-12-20(26)25-24-11-13-8-18(27-4)19(28-5)10-16(13)23/h6-11H,12H2,1-5H3,(H,25,26)/b24-11+. The third kappa shape index (κ3) is 6.37. The first-order valence-electron chi connectivity index (χ1n) is 8.82. The Kier molecular flexibility index (Phi) is 7.93. The van der Waals surface area contributed by atoms with Gasteiger partial charge < -0.3 is 14.2 Å². The Hall–Kier alpha value is -2.25. The smallest absolute Gasteiger partial charge is 0.277 e. The van der Waals surface area contributed by atoms with Crippen LogP contribution in [0.3, 0.4) is 0 Å². The van der Waals surface area contributed by atoms with Crippen molar-refractivity contribution in [3.05, 3.63) is 51.0 Å². The summed E-state index contributed by atoms with van der Waals surface area (Å²) in [5.74, 6) is 1.21. The van der Waals surface area contributed by atoms with Gasteiger partial charge in [-0.3, -0.25) is 4.79 Å². The number of nitrogens with one attached hydrogen (secondary N) is 1. The van der Waals surface area contributed by atoms with E-state index in [0.29, 0.717) is 27.8 Å². The Morgan fingerprint density at radius 3 is 2.38 bits per heavy atom. The number of benzene rings is 2. The Morgan fingerprint density at radius 1 is 1.14 bits per heavy atom. The van der Waals surface area contributed by atoms with Gasteiger partial charge in [-0.15, -0.1) is 0 Å². The van der Waals surface area contributed by atoms with Gasteiger partial charge in [0.15, 0.2) is 18.1 Å². The average Bonchev–Trinajstić information content (AvgIpc) is 2.67. The molecule has 8 heteroatoms.